The summed E-state index contributed by atoms with van der Waals surface area (Å²) in [5, 5.41) is 14.2. The molecular formula is C15H21N3O4. The van der Waals surface area contributed by atoms with Gasteiger partial charge in [0.2, 0.25) is 5.91 Å². The summed E-state index contributed by atoms with van der Waals surface area (Å²) in [4.78, 5) is 24.4. The molecule has 1 amide bonds. The van der Waals surface area contributed by atoms with Crippen LogP contribution >= 0.6 is 0 Å². The van der Waals surface area contributed by atoms with Crippen LogP contribution in [0.1, 0.15) is 19.3 Å². The number of ether oxygens (including phenoxy) is 1. The molecule has 1 aromatic carbocycles. The van der Waals surface area contributed by atoms with Crippen LogP contribution in [0.4, 0.5) is 11.4 Å². The average molecular weight is 307 g/mol. The third-order valence-corrected chi connectivity index (χ3v) is 3.83. The highest BCUT2D eigenvalue weighted by atomic mass is 16.6. The summed E-state index contributed by atoms with van der Waals surface area (Å²) >= 11 is 0. The Morgan fingerprint density at radius 2 is 2.09 bits per heavy atom. The van der Waals surface area contributed by atoms with E-state index in [-0.39, 0.29) is 22.6 Å². The Hall–Kier alpha value is -2.15. The molecule has 0 spiro atoms. The van der Waals surface area contributed by atoms with E-state index in [0.717, 1.165) is 12.8 Å². The molecule has 1 saturated heterocycles. The minimum atomic E-state index is -0.383. The summed E-state index contributed by atoms with van der Waals surface area (Å²) < 4.78 is 4.92. The van der Waals surface area contributed by atoms with Crippen LogP contribution in [0.15, 0.2) is 24.3 Å². The van der Waals surface area contributed by atoms with Crippen molar-refractivity contribution in [2.24, 2.45) is 0 Å². The topological polar surface area (TPSA) is 84.7 Å². The van der Waals surface area contributed by atoms with E-state index in [4.69, 9.17) is 4.74 Å². The highest BCUT2D eigenvalue weighted by Crippen LogP contribution is 2.26. The van der Waals surface area contributed by atoms with E-state index in [9.17, 15) is 14.9 Å². The Labute approximate surface area is 129 Å². The lowest BCUT2D eigenvalue weighted by Crippen LogP contribution is -2.42. The van der Waals surface area contributed by atoms with Gasteiger partial charge in [0.05, 0.1) is 18.0 Å². The number of nitrogens with zero attached hydrogens (tertiary/aromatic N) is 2. The van der Waals surface area contributed by atoms with E-state index in [1.807, 2.05) is 4.90 Å². The molecule has 0 bridgehead atoms. The standard InChI is InChI=1S/C15H21N3O4/c1-22-11-8-15(19)17-9-6-12(7-10-17)16-13-4-2-3-5-14(13)18(20)21/h2-5,12,16H,6-11H2,1H3. The van der Waals surface area contributed by atoms with Crippen molar-refractivity contribution < 1.29 is 14.5 Å². The molecule has 0 unspecified atom stereocenters. The molecular weight excluding hydrogens is 286 g/mol. The normalized spacial score (nSPS) is 15.6. The quantitative estimate of drug-likeness (QED) is 0.642. The maximum absolute atomic E-state index is 11.9. The summed E-state index contributed by atoms with van der Waals surface area (Å²) in [5.41, 5.74) is 0.623. The number of hydrogen-bond acceptors (Lipinski definition) is 5. The summed E-state index contributed by atoms with van der Waals surface area (Å²) in [6.45, 7) is 1.77. The minimum absolute atomic E-state index is 0.0844. The van der Waals surface area contributed by atoms with Crippen LogP contribution in [0.3, 0.4) is 0 Å². The van der Waals surface area contributed by atoms with Crippen molar-refractivity contribution in [2.75, 3.05) is 32.1 Å². The predicted octanol–water partition coefficient (Wildman–Crippen LogP) is 2.03. The molecule has 1 N–H and O–H groups in total. The fraction of sp³-hybridized carbons (Fsp3) is 0.533. The minimum Gasteiger partial charge on any atom is -0.384 e. The van der Waals surface area contributed by atoms with E-state index in [2.05, 4.69) is 5.32 Å². The number of methoxy groups -OCH3 is 1. The number of hydrogen-bond donors (Lipinski definition) is 1. The van der Waals surface area contributed by atoms with Crippen LogP contribution in [-0.2, 0) is 9.53 Å². The first-order chi connectivity index (χ1) is 10.6. The largest absolute Gasteiger partial charge is 0.384 e. The van der Waals surface area contributed by atoms with Gasteiger partial charge in [0.25, 0.3) is 5.69 Å². The number of benzene rings is 1. The zero-order valence-corrected chi connectivity index (χ0v) is 12.7. The SMILES string of the molecule is COCCC(=O)N1CCC(Nc2ccccc2[N+](=O)[O-])CC1. The number of carbonyl (C=O) groups excluding carboxylic acids is 1. The molecule has 1 aromatic rings. The number of nitro groups is 1. The second-order valence-corrected chi connectivity index (χ2v) is 5.32. The van der Waals surface area contributed by atoms with Gasteiger partial charge in [-0.2, -0.15) is 0 Å². The Kier molecular flexibility index (Phi) is 5.71. The molecule has 2 rings (SSSR count). The summed E-state index contributed by atoms with van der Waals surface area (Å²) in [6.07, 6.45) is 1.97. The van der Waals surface area contributed by atoms with Crippen molar-refractivity contribution in [3.63, 3.8) is 0 Å². The summed E-state index contributed by atoms with van der Waals surface area (Å²) in [7, 11) is 1.58. The zero-order chi connectivity index (χ0) is 15.9. The van der Waals surface area contributed by atoms with Gasteiger partial charge >= 0.3 is 0 Å². The predicted molar refractivity (Wildman–Crippen MR) is 82.8 cm³/mol. The number of nitrogens with one attached hydrogen (secondary N) is 1. The first kappa shape index (κ1) is 16.2. The van der Waals surface area contributed by atoms with Crippen LogP contribution in [0.25, 0.3) is 0 Å². The van der Waals surface area contributed by atoms with Gasteiger partial charge in [-0.05, 0) is 18.9 Å². The first-order valence-corrected chi connectivity index (χ1v) is 7.38. The molecule has 7 heteroatoms. The smallest absolute Gasteiger partial charge is 0.292 e. The number of amides is 1. The van der Waals surface area contributed by atoms with Crippen LogP contribution in [0.2, 0.25) is 0 Å². The third-order valence-electron chi connectivity index (χ3n) is 3.83. The van der Waals surface area contributed by atoms with Crippen LogP contribution in [0, 0.1) is 10.1 Å². The summed E-state index contributed by atoms with van der Waals surface area (Å²) in [6, 6.07) is 6.78. The van der Waals surface area contributed by atoms with E-state index in [1.165, 1.54) is 6.07 Å². The number of likely N-dealkylation sites (tertiary alicyclic amines) is 1. The lowest BCUT2D eigenvalue weighted by atomic mass is 10.0. The molecule has 1 aliphatic heterocycles. The molecule has 0 radical (unpaired) electrons. The molecule has 0 atom stereocenters. The lowest BCUT2D eigenvalue weighted by Gasteiger charge is -2.32. The molecule has 120 valence electrons. The van der Waals surface area contributed by atoms with E-state index in [1.54, 1.807) is 25.3 Å². The average Bonchev–Trinajstić information content (AvgIpc) is 2.53. The van der Waals surface area contributed by atoms with E-state index in [0.29, 0.717) is 31.8 Å². The van der Waals surface area contributed by atoms with Crippen molar-refractivity contribution in [1.29, 1.82) is 0 Å². The van der Waals surface area contributed by atoms with Crippen molar-refractivity contribution in [2.45, 2.75) is 25.3 Å². The van der Waals surface area contributed by atoms with E-state index < -0.39 is 0 Å². The molecule has 1 heterocycles. The van der Waals surface area contributed by atoms with Gasteiger partial charge < -0.3 is 15.0 Å². The fourth-order valence-corrected chi connectivity index (χ4v) is 2.60. The molecule has 1 aliphatic rings. The van der Waals surface area contributed by atoms with Gasteiger partial charge in [-0.1, -0.05) is 12.1 Å². The second kappa shape index (κ2) is 7.74. The van der Waals surface area contributed by atoms with Gasteiger partial charge in [-0.3, -0.25) is 14.9 Å². The molecule has 7 nitrogen and oxygen atoms in total. The van der Waals surface area contributed by atoms with Crippen molar-refractivity contribution >= 4 is 17.3 Å². The Morgan fingerprint density at radius 3 is 2.73 bits per heavy atom. The maximum Gasteiger partial charge on any atom is 0.292 e. The monoisotopic (exact) mass is 307 g/mol. The molecule has 1 fully saturated rings. The number of rotatable bonds is 6. The number of carbonyl (C=O) groups is 1. The van der Waals surface area contributed by atoms with Crippen molar-refractivity contribution in [3.05, 3.63) is 34.4 Å². The first-order valence-electron chi connectivity index (χ1n) is 7.38. The van der Waals surface area contributed by atoms with Gasteiger partial charge in [0.1, 0.15) is 5.69 Å². The maximum atomic E-state index is 11.9. The number of piperidine rings is 1. The summed E-state index contributed by atoms with van der Waals surface area (Å²) in [5.74, 6) is 0.103. The van der Waals surface area contributed by atoms with Crippen LogP contribution < -0.4 is 5.32 Å². The second-order valence-electron chi connectivity index (χ2n) is 5.32. The van der Waals surface area contributed by atoms with Crippen LogP contribution in [-0.4, -0.2) is 48.6 Å². The molecule has 0 aliphatic carbocycles. The lowest BCUT2D eigenvalue weighted by molar-refractivity contribution is -0.384. The molecule has 22 heavy (non-hydrogen) atoms. The Bertz CT molecular complexity index is 527. The van der Waals surface area contributed by atoms with Gasteiger partial charge in [0, 0.05) is 32.3 Å². The van der Waals surface area contributed by atoms with Gasteiger partial charge in [-0.25, -0.2) is 0 Å². The highest BCUT2D eigenvalue weighted by molar-refractivity contribution is 5.76. The third kappa shape index (κ3) is 4.17. The Morgan fingerprint density at radius 1 is 1.41 bits per heavy atom. The zero-order valence-electron chi connectivity index (χ0n) is 12.7. The van der Waals surface area contributed by atoms with Crippen molar-refractivity contribution in [1.82, 2.24) is 4.90 Å². The number of para-hydroxylation sites is 2. The fourth-order valence-electron chi connectivity index (χ4n) is 2.60. The van der Waals surface area contributed by atoms with Gasteiger partial charge in [0.15, 0.2) is 0 Å². The van der Waals surface area contributed by atoms with Crippen LogP contribution in [0.5, 0.6) is 0 Å². The molecule has 0 saturated carbocycles. The van der Waals surface area contributed by atoms with E-state index >= 15 is 0 Å². The van der Waals surface area contributed by atoms with Gasteiger partial charge in [-0.15, -0.1) is 0 Å². The van der Waals surface area contributed by atoms with Crippen molar-refractivity contribution in [3.8, 4) is 0 Å². The molecule has 0 aromatic heterocycles. The highest BCUT2D eigenvalue weighted by Gasteiger charge is 2.24. The number of nitro benzene ring substituents is 1. The Balaban J connectivity index is 1.88. The number of anilines is 1.